The fourth-order valence-electron chi connectivity index (χ4n) is 1.74. The van der Waals surface area contributed by atoms with Gasteiger partial charge in [0.05, 0.1) is 12.1 Å². The summed E-state index contributed by atoms with van der Waals surface area (Å²) < 4.78 is 5.40. The zero-order valence-corrected chi connectivity index (χ0v) is 9.55. The van der Waals surface area contributed by atoms with Crippen molar-refractivity contribution in [1.29, 1.82) is 0 Å². The molecule has 0 spiro atoms. The zero-order chi connectivity index (χ0) is 10.7. The van der Waals surface area contributed by atoms with Crippen molar-refractivity contribution < 1.29 is 4.74 Å². The summed E-state index contributed by atoms with van der Waals surface area (Å²) in [5, 5.41) is 3.48. The van der Waals surface area contributed by atoms with E-state index in [1.54, 1.807) is 6.20 Å². The fourth-order valence-corrected chi connectivity index (χ4v) is 2.02. The quantitative estimate of drug-likeness (QED) is 0.803. The van der Waals surface area contributed by atoms with E-state index in [-0.39, 0.29) is 5.54 Å². The summed E-state index contributed by atoms with van der Waals surface area (Å²) in [5.74, 6) is 0.564. The Labute approximate surface area is 94.8 Å². The second-order valence-corrected chi connectivity index (χ2v) is 4.30. The Kier molecular flexibility index (Phi) is 3.12. The molecule has 82 valence electrons. The minimum absolute atomic E-state index is 0.104. The minimum atomic E-state index is -0.104. The molecule has 0 aliphatic carbocycles. The van der Waals surface area contributed by atoms with Gasteiger partial charge >= 0.3 is 0 Å². The lowest BCUT2D eigenvalue weighted by atomic mass is 10.0. The molecular weight excluding hydrogens is 212 g/mol. The molecule has 3 nitrogen and oxygen atoms in total. The van der Waals surface area contributed by atoms with Gasteiger partial charge < -0.3 is 10.1 Å². The van der Waals surface area contributed by atoms with Crippen LogP contribution in [-0.4, -0.2) is 29.6 Å². The largest absolute Gasteiger partial charge is 0.379 e. The first-order valence-electron chi connectivity index (χ1n) is 5.08. The highest BCUT2D eigenvalue weighted by Crippen LogP contribution is 2.26. The Morgan fingerprint density at radius 1 is 1.67 bits per heavy atom. The summed E-state index contributed by atoms with van der Waals surface area (Å²) in [7, 11) is 0. The number of halogens is 1. The molecule has 1 aromatic heterocycles. The second-order valence-electron chi connectivity index (χ2n) is 4.03. The molecule has 2 rings (SSSR count). The number of nitrogens with one attached hydrogen (secondary N) is 1. The number of hydrogen-bond acceptors (Lipinski definition) is 3. The van der Waals surface area contributed by atoms with Gasteiger partial charge in [0.2, 0.25) is 0 Å². The molecule has 1 unspecified atom stereocenters. The average molecular weight is 227 g/mol. The number of ether oxygens (including phenoxy) is 1. The van der Waals surface area contributed by atoms with Crippen LogP contribution in [0.25, 0.3) is 0 Å². The van der Waals surface area contributed by atoms with Crippen LogP contribution in [0.4, 0.5) is 5.69 Å². The third-order valence-corrected chi connectivity index (χ3v) is 3.29. The van der Waals surface area contributed by atoms with Gasteiger partial charge in [0.15, 0.2) is 0 Å². The molecular formula is C11H15ClN2O. The maximum Gasteiger partial charge on any atom is 0.0763 e. The van der Waals surface area contributed by atoms with Crippen molar-refractivity contribution in [2.45, 2.75) is 18.9 Å². The Morgan fingerprint density at radius 2 is 2.53 bits per heavy atom. The van der Waals surface area contributed by atoms with E-state index in [0.717, 1.165) is 24.3 Å². The third kappa shape index (κ3) is 2.24. The summed E-state index contributed by atoms with van der Waals surface area (Å²) in [6.07, 6.45) is 4.59. The summed E-state index contributed by atoms with van der Waals surface area (Å²) >= 11 is 6.01. The van der Waals surface area contributed by atoms with Crippen molar-refractivity contribution in [1.82, 2.24) is 4.98 Å². The van der Waals surface area contributed by atoms with Gasteiger partial charge in [-0.3, -0.25) is 4.98 Å². The molecule has 0 amide bonds. The normalized spacial score (nSPS) is 25.5. The Morgan fingerprint density at radius 3 is 3.13 bits per heavy atom. The van der Waals surface area contributed by atoms with Crippen LogP contribution >= 0.6 is 11.6 Å². The summed E-state index contributed by atoms with van der Waals surface area (Å²) in [6.45, 7) is 3.50. The molecule has 2 heterocycles. The highest BCUT2D eigenvalue weighted by Gasteiger charge is 2.34. The Bertz CT molecular complexity index is 337. The lowest BCUT2D eigenvalue weighted by Crippen LogP contribution is -2.41. The zero-order valence-electron chi connectivity index (χ0n) is 8.79. The third-order valence-electron chi connectivity index (χ3n) is 2.78. The van der Waals surface area contributed by atoms with E-state index in [1.807, 2.05) is 19.2 Å². The van der Waals surface area contributed by atoms with Crippen molar-refractivity contribution >= 4 is 17.3 Å². The number of aromatic nitrogens is 1. The van der Waals surface area contributed by atoms with E-state index in [2.05, 4.69) is 10.3 Å². The number of alkyl halides is 1. The molecule has 15 heavy (non-hydrogen) atoms. The lowest BCUT2D eigenvalue weighted by Gasteiger charge is -2.28. The molecule has 1 saturated heterocycles. The number of hydrogen-bond donors (Lipinski definition) is 1. The smallest absolute Gasteiger partial charge is 0.0763 e. The fraction of sp³-hybridized carbons (Fsp3) is 0.545. The van der Waals surface area contributed by atoms with Gasteiger partial charge in [-0.05, 0) is 25.0 Å². The predicted octanol–water partition coefficient (Wildman–Crippen LogP) is 2.20. The van der Waals surface area contributed by atoms with Crippen LogP contribution in [0.3, 0.4) is 0 Å². The van der Waals surface area contributed by atoms with Crippen LogP contribution in [-0.2, 0) is 4.74 Å². The number of anilines is 1. The molecule has 1 atom stereocenters. The van der Waals surface area contributed by atoms with Gasteiger partial charge in [-0.25, -0.2) is 0 Å². The maximum atomic E-state index is 6.01. The molecule has 1 N–H and O–H groups in total. The van der Waals surface area contributed by atoms with Crippen molar-refractivity contribution in [3.63, 3.8) is 0 Å². The molecule has 1 fully saturated rings. The number of rotatable bonds is 3. The van der Waals surface area contributed by atoms with E-state index < -0.39 is 0 Å². The summed E-state index contributed by atoms with van der Waals surface area (Å²) in [5.41, 5.74) is 2.12. The number of pyridine rings is 1. The topological polar surface area (TPSA) is 34.2 Å². The van der Waals surface area contributed by atoms with Crippen LogP contribution < -0.4 is 5.32 Å². The van der Waals surface area contributed by atoms with E-state index in [1.165, 1.54) is 0 Å². The van der Waals surface area contributed by atoms with Crippen molar-refractivity contribution in [2.24, 2.45) is 0 Å². The van der Waals surface area contributed by atoms with Gasteiger partial charge in [-0.15, -0.1) is 11.6 Å². The van der Waals surface area contributed by atoms with Gasteiger partial charge in [-0.2, -0.15) is 0 Å². The van der Waals surface area contributed by atoms with Crippen LogP contribution in [0.5, 0.6) is 0 Å². The first-order valence-corrected chi connectivity index (χ1v) is 5.62. The molecule has 0 bridgehead atoms. The Balaban J connectivity index is 2.16. The predicted molar refractivity (Wildman–Crippen MR) is 61.5 cm³/mol. The second kappa shape index (κ2) is 4.37. The Hall–Kier alpha value is -0.800. The molecule has 1 aliphatic rings. The molecule has 0 aromatic carbocycles. The number of nitrogens with zero attached hydrogens (tertiary/aromatic N) is 1. The van der Waals surface area contributed by atoms with Crippen LogP contribution in [0.2, 0.25) is 0 Å². The summed E-state index contributed by atoms with van der Waals surface area (Å²) in [4.78, 5) is 4.06. The van der Waals surface area contributed by atoms with Crippen molar-refractivity contribution in [3.8, 4) is 0 Å². The van der Waals surface area contributed by atoms with Crippen molar-refractivity contribution in [2.75, 3.05) is 24.4 Å². The van der Waals surface area contributed by atoms with E-state index >= 15 is 0 Å². The molecule has 0 radical (unpaired) electrons. The van der Waals surface area contributed by atoms with Crippen LogP contribution in [0.15, 0.2) is 18.5 Å². The van der Waals surface area contributed by atoms with Crippen LogP contribution in [0, 0.1) is 6.92 Å². The highest BCUT2D eigenvalue weighted by molar-refractivity contribution is 6.18. The van der Waals surface area contributed by atoms with Gasteiger partial charge in [0.25, 0.3) is 0 Å². The molecule has 1 aromatic rings. The first kappa shape index (κ1) is 10.7. The number of aryl methyl sites for hydroxylation is 1. The van der Waals surface area contributed by atoms with Gasteiger partial charge in [0, 0.05) is 30.6 Å². The van der Waals surface area contributed by atoms with Gasteiger partial charge in [0.1, 0.15) is 0 Å². The van der Waals surface area contributed by atoms with Gasteiger partial charge in [-0.1, -0.05) is 0 Å². The SMILES string of the molecule is Cc1cnccc1NC1(CCl)CCOC1. The average Bonchev–Trinajstić information content (AvgIpc) is 2.71. The van der Waals surface area contributed by atoms with E-state index in [0.29, 0.717) is 12.5 Å². The standard InChI is InChI=1S/C11H15ClN2O/c1-9-6-13-4-2-10(9)14-11(7-12)3-5-15-8-11/h2,4,6H,3,5,7-8H2,1H3,(H,13,14). The molecule has 0 saturated carbocycles. The van der Waals surface area contributed by atoms with Crippen LogP contribution in [0.1, 0.15) is 12.0 Å². The monoisotopic (exact) mass is 226 g/mol. The summed E-state index contributed by atoms with van der Waals surface area (Å²) in [6, 6.07) is 1.97. The molecule has 4 heteroatoms. The van der Waals surface area contributed by atoms with E-state index in [4.69, 9.17) is 16.3 Å². The maximum absolute atomic E-state index is 6.01. The molecule has 1 aliphatic heterocycles. The highest BCUT2D eigenvalue weighted by atomic mass is 35.5. The first-order chi connectivity index (χ1) is 7.26. The lowest BCUT2D eigenvalue weighted by molar-refractivity contribution is 0.185. The minimum Gasteiger partial charge on any atom is -0.379 e. The van der Waals surface area contributed by atoms with E-state index in [9.17, 15) is 0 Å². The van der Waals surface area contributed by atoms with Crippen molar-refractivity contribution in [3.05, 3.63) is 24.0 Å².